The van der Waals surface area contributed by atoms with E-state index >= 15 is 0 Å². The molecule has 136 valence electrons. The molecule has 1 aliphatic carbocycles. The summed E-state index contributed by atoms with van der Waals surface area (Å²) in [7, 11) is 0. The number of rotatable bonds is 9. The van der Waals surface area contributed by atoms with E-state index < -0.39 is 11.7 Å². The zero-order valence-electron chi connectivity index (χ0n) is 14.5. The molecule has 3 nitrogen and oxygen atoms in total. The van der Waals surface area contributed by atoms with Crippen LogP contribution in [0.4, 0.5) is 8.78 Å². The lowest BCUT2D eigenvalue weighted by atomic mass is 9.88. The number of halogens is 2. The monoisotopic (exact) mass is 334 g/mol. The Morgan fingerprint density at radius 1 is 1.13 bits per heavy atom. The van der Waals surface area contributed by atoms with Crippen LogP contribution in [0, 0.1) is 11.8 Å². The van der Waals surface area contributed by atoms with E-state index in [0.29, 0.717) is 12.8 Å². The topological polar surface area (TPSA) is 38.7 Å². The quantitative estimate of drug-likeness (QED) is 0.630. The molecule has 0 aromatic heterocycles. The molecule has 1 saturated heterocycles. The maximum absolute atomic E-state index is 14.8. The van der Waals surface area contributed by atoms with Gasteiger partial charge in [-0.15, -0.1) is 0 Å². The number of aliphatic hydroxyl groups excluding tert-OH is 1. The van der Waals surface area contributed by atoms with Crippen molar-refractivity contribution < 1.29 is 23.4 Å². The molecule has 3 atom stereocenters. The fourth-order valence-electron chi connectivity index (χ4n) is 3.96. The predicted octanol–water partition coefficient (Wildman–Crippen LogP) is 4.52. The first kappa shape index (κ1) is 19.1. The second-order valence-electron chi connectivity index (χ2n) is 7.27. The van der Waals surface area contributed by atoms with Gasteiger partial charge in [-0.1, -0.05) is 33.1 Å². The van der Waals surface area contributed by atoms with Crippen LogP contribution in [0.2, 0.25) is 0 Å². The van der Waals surface area contributed by atoms with Crippen LogP contribution in [-0.2, 0) is 9.47 Å². The highest BCUT2D eigenvalue weighted by molar-refractivity contribution is 4.92. The van der Waals surface area contributed by atoms with Crippen LogP contribution in [0.5, 0.6) is 0 Å². The number of alkyl halides is 2. The van der Waals surface area contributed by atoms with Crippen molar-refractivity contribution in [3.05, 3.63) is 0 Å². The van der Waals surface area contributed by atoms with Crippen molar-refractivity contribution in [1.82, 2.24) is 0 Å². The Labute approximate surface area is 138 Å². The third-order valence-corrected chi connectivity index (χ3v) is 5.68. The Bertz CT molecular complexity index is 356. The van der Waals surface area contributed by atoms with Gasteiger partial charge in [0.05, 0.1) is 19.3 Å². The van der Waals surface area contributed by atoms with Gasteiger partial charge in [0.15, 0.2) is 0 Å². The summed E-state index contributed by atoms with van der Waals surface area (Å²) in [6.07, 6.45) is 5.41. The summed E-state index contributed by atoms with van der Waals surface area (Å²) in [6.45, 7) is 4.56. The average molecular weight is 334 g/mol. The Morgan fingerprint density at radius 3 is 2.39 bits per heavy atom. The molecule has 0 amide bonds. The first-order chi connectivity index (χ1) is 10.9. The Balaban J connectivity index is 1.92. The molecule has 0 bridgehead atoms. The van der Waals surface area contributed by atoms with Crippen molar-refractivity contribution in [3.63, 3.8) is 0 Å². The standard InChI is InChI=1S/C18H32F2O3/c1-3-4-5-6-10-17(19,20)18(22-12-13-23-18)11-9-15-7-8-16(21)14(15)2/h14-16,21H,3-13H2,1-2H3. The molecule has 0 spiro atoms. The van der Waals surface area contributed by atoms with E-state index in [4.69, 9.17) is 9.47 Å². The van der Waals surface area contributed by atoms with Gasteiger partial charge in [0, 0.05) is 12.8 Å². The van der Waals surface area contributed by atoms with Gasteiger partial charge in [-0.3, -0.25) is 0 Å². The summed E-state index contributed by atoms with van der Waals surface area (Å²) < 4.78 is 40.4. The lowest BCUT2D eigenvalue weighted by molar-refractivity contribution is -0.296. The van der Waals surface area contributed by atoms with Crippen molar-refractivity contribution in [2.75, 3.05) is 13.2 Å². The summed E-state index contributed by atoms with van der Waals surface area (Å²) in [4.78, 5) is 0. The minimum absolute atomic E-state index is 0.171. The second kappa shape index (κ2) is 8.21. The van der Waals surface area contributed by atoms with Gasteiger partial charge in [0.1, 0.15) is 0 Å². The fraction of sp³-hybridized carbons (Fsp3) is 1.00. The minimum Gasteiger partial charge on any atom is -0.393 e. The zero-order chi connectivity index (χ0) is 16.9. The molecule has 2 rings (SSSR count). The van der Waals surface area contributed by atoms with E-state index in [-0.39, 0.29) is 44.0 Å². The van der Waals surface area contributed by atoms with Crippen molar-refractivity contribution in [2.45, 2.75) is 89.4 Å². The summed E-state index contributed by atoms with van der Waals surface area (Å²) in [6, 6.07) is 0. The summed E-state index contributed by atoms with van der Waals surface area (Å²) >= 11 is 0. The Kier molecular flexibility index (Phi) is 6.81. The van der Waals surface area contributed by atoms with Crippen LogP contribution in [0.25, 0.3) is 0 Å². The summed E-state index contributed by atoms with van der Waals surface area (Å²) in [5.41, 5.74) is 0. The van der Waals surface area contributed by atoms with Gasteiger partial charge >= 0.3 is 5.92 Å². The van der Waals surface area contributed by atoms with E-state index in [9.17, 15) is 13.9 Å². The predicted molar refractivity (Wildman–Crippen MR) is 85.5 cm³/mol. The molecule has 1 heterocycles. The minimum atomic E-state index is -2.95. The van der Waals surface area contributed by atoms with Crippen LogP contribution < -0.4 is 0 Å². The molecule has 1 aliphatic heterocycles. The van der Waals surface area contributed by atoms with Gasteiger partial charge in [-0.2, -0.15) is 0 Å². The van der Waals surface area contributed by atoms with E-state index in [1.807, 2.05) is 6.92 Å². The van der Waals surface area contributed by atoms with Crippen molar-refractivity contribution in [2.24, 2.45) is 11.8 Å². The van der Waals surface area contributed by atoms with Crippen molar-refractivity contribution in [1.29, 1.82) is 0 Å². The van der Waals surface area contributed by atoms with Gasteiger partial charge < -0.3 is 14.6 Å². The van der Waals surface area contributed by atoms with Crippen LogP contribution in [0.3, 0.4) is 0 Å². The van der Waals surface area contributed by atoms with E-state index in [2.05, 4.69) is 6.92 Å². The normalized spacial score (nSPS) is 30.9. The van der Waals surface area contributed by atoms with Crippen LogP contribution >= 0.6 is 0 Å². The van der Waals surface area contributed by atoms with E-state index in [0.717, 1.165) is 32.1 Å². The number of hydrogen-bond donors (Lipinski definition) is 1. The molecule has 23 heavy (non-hydrogen) atoms. The largest absolute Gasteiger partial charge is 0.393 e. The van der Waals surface area contributed by atoms with E-state index in [1.165, 1.54) is 0 Å². The maximum atomic E-state index is 14.8. The molecule has 3 unspecified atom stereocenters. The first-order valence-electron chi connectivity index (χ1n) is 9.25. The average Bonchev–Trinajstić information content (AvgIpc) is 3.12. The van der Waals surface area contributed by atoms with Gasteiger partial charge in [-0.25, -0.2) is 8.78 Å². The molecular weight excluding hydrogens is 302 g/mol. The number of aliphatic hydroxyl groups is 1. The fourth-order valence-corrected chi connectivity index (χ4v) is 3.96. The molecule has 5 heteroatoms. The molecule has 0 radical (unpaired) electrons. The maximum Gasteiger partial charge on any atom is 0.300 e. The SMILES string of the molecule is CCCCCCC(F)(F)C1(CCC2CCC(O)C2C)OCCO1. The third kappa shape index (κ3) is 4.43. The van der Waals surface area contributed by atoms with E-state index in [1.54, 1.807) is 0 Å². The molecule has 1 N–H and O–H groups in total. The van der Waals surface area contributed by atoms with Crippen molar-refractivity contribution in [3.8, 4) is 0 Å². The summed E-state index contributed by atoms with van der Waals surface area (Å²) in [5.74, 6) is -4.23. The molecule has 1 saturated carbocycles. The highest BCUT2D eigenvalue weighted by atomic mass is 19.3. The number of unbranched alkanes of at least 4 members (excludes halogenated alkanes) is 3. The van der Waals surface area contributed by atoms with Crippen molar-refractivity contribution >= 4 is 0 Å². The van der Waals surface area contributed by atoms with Crippen LogP contribution in [0.15, 0.2) is 0 Å². The van der Waals surface area contributed by atoms with Gasteiger partial charge in [0.2, 0.25) is 5.79 Å². The van der Waals surface area contributed by atoms with Gasteiger partial charge in [0.25, 0.3) is 0 Å². The molecule has 2 aliphatic rings. The Morgan fingerprint density at radius 2 is 1.83 bits per heavy atom. The number of hydrogen-bond acceptors (Lipinski definition) is 3. The smallest absolute Gasteiger partial charge is 0.300 e. The molecular formula is C18H32F2O3. The molecule has 2 fully saturated rings. The number of ether oxygens (including phenoxy) is 2. The van der Waals surface area contributed by atoms with Crippen LogP contribution in [0.1, 0.15) is 71.6 Å². The molecule has 0 aromatic carbocycles. The first-order valence-corrected chi connectivity index (χ1v) is 9.25. The lowest BCUT2D eigenvalue weighted by Crippen LogP contribution is -2.49. The summed E-state index contributed by atoms with van der Waals surface area (Å²) in [5, 5.41) is 9.84. The van der Waals surface area contributed by atoms with Gasteiger partial charge in [-0.05, 0) is 37.5 Å². The highest BCUT2D eigenvalue weighted by Crippen LogP contribution is 2.45. The van der Waals surface area contributed by atoms with Crippen LogP contribution in [-0.4, -0.2) is 36.1 Å². The Hall–Kier alpha value is -0.260. The third-order valence-electron chi connectivity index (χ3n) is 5.68. The highest BCUT2D eigenvalue weighted by Gasteiger charge is 2.57. The zero-order valence-corrected chi connectivity index (χ0v) is 14.5. The molecule has 0 aromatic rings. The lowest BCUT2D eigenvalue weighted by Gasteiger charge is -2.36. The second-order valence-corrected chi connectivity index (χ2v) is 7.27.